The Balaban J connectivity index is 1.50. The van der Waals surface area contributed by atoms with E-state index in [-0.39, 0.29) is 23.5 Å². The molecule has 7 nitrogen and oxygen atoms in total. The quantitative estimate of drug-likeness (QED) is 0.611. The van der Waals surface area contributed by atoms with Crippen LogP contribution in [0.5, 0.6) is 0 Å². The standard InChI is InChI=1S/C17H13Cl2N3O4S/c18-11-2-1-3-12(15(11)19)21-13(23)8-26-14(24)4-6-22-9-20-16-10(17(22)25)5-7-27-16/h1-3,5,7,9H,4,6,8H2,(H,21,23). The van der Waals surface area contributed by atoms with Crippen molar-refractivity contribution in [1.29, 1.82) is 0 Å². The van der Waals surface area contributed by atoms with Crippen molar-refractivity contribution < 1.29 is 14.3 Å². The number of thiophene rings is 1. The van der Waals surface area contributed by atoms with Crippen LogP contribution < -0.4 is 10.9 Å². The molecule has 3 rings (SSSR count). The summed E-state index contributed by atoms with van der Waals surface area (Å²) in [5.74, 6) is -1.16. The maximum absolute atomic E-state index is 12.2. The molecule has 0 fully saturated rings. The van der Waals surface area contributed by atoms with Crippen LogP contribution in [0.1, 0.15) is 6.42 Å². The molecule has 2 heterocycles. The Morgan fingerprint density at radius 3 is 2.89 bits per heavy atom. The highest BCUT2D eigenvalue weighted by atomic mass is 35.5. The highest BCUT2D eigenvalue weighted by Crippen LogP contribution is 2.29. The molecule has 0 radical (unpaired) electrons. The van der Waals surface area contributed by atoms with Crippen LogP contribution >= 0.6 is 34.5 Å². The minimum absolute atomic E-state index is 0.0670. The molecular weight excluding hydrogens is 413 g/mol. The number of carbonyl (C=O) groups is 2. The summed E-state index contributed by atoms with van der Waals surface area (Å²) >= 11 is 13.2. The van der Waals surface area contributed by atoms with Gasteiger partial charge in [0, 0.05) is 6.54 Å². The predicted molar refractivity (Wildman–Crippen MR) is 105 cm³/mol. The fraction of sp³-hybridized carbons (Fsp3) is 0.176. The lowest BCUT2D eigenvalue weighted by atomic mass is 10.3. The van der Waals surface area contributed by atoms with E-state index in [0.29, 0.717) is 20.9 Å². The number of rotatable bonds is 6. The molecule has 0 saturated heterocycles. The lowest BCUT2D eigenvalue weighted by molar-refractivity contribution is -0.147. The number of carbonyl (C=O) groups excluding carboxylic acids is 2. The Hall–Kier alpha value is -2.42. The fourth-order valence-corrected chi connectivity index (χ4v) is 3.34. The number of halogens is 2. The van der Waals surface area contributed by atoms with Gasteiger partial charge in [-0.15, -0.1) is 11.3 Å². The number of aromatic nitrogens is 2. The maximum Gasteiger partial charge on any atom is 0.308 e. The van der Waals surface area contributed by atoms with Crippen molar-refractivity contribution in [2.24, 2.45) is 0 Å². The number of aryl methyl sites for hydroxylation is 1. The Kier molecular flexibility index (Phi) is 6.10. The van der Waals surface area contributed by atoms with Gasteiger partial charge in [0.1, 0.15) is 4.83 Å². The molecule has 3 aromatic rings. The van der Waals surface area contributed by atoms with Crippen LogP contribution in [0, 0.1) is 0 Å². The van der Waals surface area contributed by atoms with Crippen molar-refractivity contribution in [2.75, 3.05) is 11.9 Å². The average molecular weight is 426 g/mol. The van der Waals surface area contributed by atoms with Crippen molar-refractivity contribution in [1.82, 2.24) is 9.55 Å². The molecule has 140 valence electrons. The molecule has 0 bridgehead atoms. The number of esters is 1. The highest BCUT2D eigenvalue weighted by Gasteiger charge is 2.12. The molecule has 0 spiro atoms. The van der Waals surface area contributed by atoms with Gasteiger partial charge in [0.05, 0.1) is 33.9 Å². The molecule has 0 aliphatic rings. The van der Waals surface area contributed by atoms with Gasteiger partial charge in [-0.25, -0.2) is 4.98 Å². The number of ether oxygens (including phenoxy) is 1. The topological polar surface area (TPSA) is 90.3 Å². The molecule has 0 aliphatic heterocycles. The number of hydrogen-bond donors (Lipinski definition) is 1. The first kappa shape index (κ1) is 19.3. The summed E-state index contributed by atoms with van der Waals surface area (Å²) in [6.45, 7) is -0.365. The van der Waals surface area contributed by atoms with Crippen molar-refractivity contribution in [2.45, 2.75) is 13.0 Å². The molecule has 0 saturated carbocycles. The van der Waals surface area contributed by atoms with E-state index in [1.165, 1.54) is 22.2 Å². The van der Waals surface area contributed by atoms with E-state index in [9.17, 15) is 14.4 Å². The van der Waals surface area contributed by atoms with Crippen molar-refractivity contribution >= 4 is 62.3 Å². The highest BCUT2D eigenvalue weighted by molar-refractivity contribution is 7.16. The third-order valence-electron chi connectivity index (χ3n) is 3.60. The van der Waals surface area contributed by atoms with Gasteiger partial charge in [0.25, 0.3) is 11.5 Å². The number of amides is 1. The Morgan fingerprint density at radius 1 is 1.26 bits per heavy atom. The Morgan fingerprint density at radius 2 is 2.07 bits per heavy atom. The zero-order valence-corrected chi connectivity index (χ0v) is 16.1. The number of nitrogens with one attached hydrogen (secondary N) is 1. The minimum Gasteiger partial charge on any atom is -0.456 e. The van der Waals surface area contributed by atoms with Gasteiger partial charge in [-0.1, -0.05) is 29.3 Å². The summed E-state index contributed by atoms with van der Waals surface area (Å²) in [6, 6.07) is 6.49. The monoisotopic (exact) mass is 425 g/mol. The van der Waals surface area contributed by atoms with Crippen LogP contribution in [0.25, 0.3) is 10.2 Å². The van der Waals surface area contributed by atoms with Gasteiger partial charge in [0.2, 0.25) is 0 Å². The van der Waals surface area contributed by atoms with E-state index in [1.54, 1.807) is 29.6 Å². The van der Waals surface area contributed by atoms with Crippen LogP contribution in [0.3, 0.4) is 0 Å². The van der Waals surface area contributed by atoms with Crippen molar-refractivity contribution in [3.05, 3.63) is 56.4 Å². The Labute approximate surface area is 167 Å². The average Bonchev–Trinajstić information content (AvgIpc) is 3.13. The molecule has 1 N–H and O–H groups in total. The third-order valence-corrected chi connectivity index (χ3v) is 5.24. The maximum atomic E-state index is 12.2. The summed E-state index contributed by atoms with van der Waals surface area (Å²) in [5, 5.41) is 5.30. The van der Waals surface area contributed by atoms with Crippen LogP contribution in [-0.2, 0) is 20.9 Å². The number of hydrogen-bond acceptors (Lipinski definition) is 6. The molecule has 0 atom stereocenters. The van der Waals surface area contributed by atoms with E-state index in [2.05, 4.69) is 10.3 Å². The fourth-order valence-electron chi connectivity index (χ4n) is 2.27. The summed E-state index contributed by atoms with van der Waals surface area (Å²) in [5.41, 5.74) is 0.106. The number of fused-ring (bicyclic) bond motifs is 1. The second-order valence-corrected chi connectivity index (χ2v) is 7.12. The summed E-state index contributed by atoms with van der Waals surface area (Å²) in [7, 11) is 0. The van der Waals surface area contributed by atoms with Gasteiger partial charge in [-0.3, -0.25) is 19.0 Å². The van der Waals surface area contributed by atoms with Gasteiger partial charge in [-0.2, -0.15) is 0 Å². The second-order valence-electron chi connectivity index (χ2n) is 5.44. The largest absolute Gasteiger partial charge is 0.456 e. The van der Waals surface area contributed by atoms with E-state index < -0.39 is 18.5 Å². The summed E-state index contributed by atoms with van der Waals surface area (Å²) in [6.07, 6.45) is 1.32. The normalized spacial score (nSPS) is 10.7. The summed E-state index contributed by atoms with van der Waals surface area (Å²) in [4.78, 5) is 40.7. The third kappa shape index (κ3) is 4.65. The molecule has 1 aromatic carbocycles. The number of nitrogens with zero attached hydrogens (tertiary/aromatic N) is 2. The molecule has 1 amide bonds. The summed E-state index contributed by atoms with van der Waals surface area (Å²) < 4.78 is 6.25. The van der Waals surface area contributed by atoms with Gasteiger partial charge >= 0.3 is 5.97 Å². The van der Waals surface area contributed by atoms with E-state index in [0.717, 1.165) is 0 Å². The first-order valence-corrected chi connectivity index (χ1v) is 9.41. The van der Waals surface area contributed by atoms with Gasteiger partial charge < -0.3 is 10.1 Å². The van der Waals surface area contributed by atoms with E-state index in [4.69, 9.17) is 27.9 Å². The zero-order chi connectivity index (χ0) is 19.4. The minimum atomic E-state index is -0.611. The first-order chi connectivity index (χ1) is 13.0. The first-order valence-electron chi connectivity index (χ1n) is 7.78. The lowest BCUT2D eigenvalue weighted by Crippen LogP contribution is -2.24. The van der Waals surface area contributed by atoms with Crippen LogP contribution in [-0.4, -0.2) is 28.0 Å². The lowest BCUT2D eigenvalue weighted by Gasteiger charge is -2.09. The van der Waals surface area contributed by atoms with Gasteiger partial charge in [-0.05, 0) is 23.6 Å². The molecule has 0 aliphatic carbocycles. The van der Waals surface area contributed by atoms with Crippen LogP contribution in [0.2, 0.25) is 10.0 Å². The zero-order valence-electron chi connectivity index (χ0n) is 13.8. The smallest absolute Gasteiger partial charge is 0.308 e. The van der Waals surface area contributed by atoms with Crippen molar-refractivity contribution in [3.63, 3.8) is 0 Å². The van der Waals surface area contributed by atoms with Crippen molar-refractivity contribution in [3.8, 4) is 0 Å². The molecule has 10 heteroatoms. The Bertz CT molecular complexity index is 1060. The second kappa shape index (κ2) is 8.51. The number of benzene rings is 1. The predicted octanol–water partition coefficient (Wildman–Crippen LogP) is 3.34. The molecule has 0 unspecified atom stereocenters. The van der Waals surface area contributed by atoms with Crippen LogP contribution in [0.15, 0.2) is 40.8 Å². The molecule has 27 heavy (non-hydrogen) atoms. The van der Waals surface area contributed by atoms with Crippen LogP contribution in [0.4, 0.5) is 5.69 Å². The molecular formula is C17H13Cl2N3O4S. The van der Waals surface area contributed by atoms with E-state index in [1.807, 2.05) is 0 Å². The number of anilines is 1. The molecule has 2 aromatic heterocycles. The van der Waals surface area contributed by atoms with E-state index >= 15 is 0 Å². The van der Waals surface area contributed by atoms with Gasteiger partial charge in [0.15, 0.2) is 6.61 Å². The SMILES string of the molecule is O=C(COC(=O)CCn1cnc2sccc2c1=O)Nc1cccc(Cl)c1Cl.